The summed E-state index contributed by atoms with van der Waals surface area (Å²) in [5.74, 6) is 0. The standard InChI is InChI=1S/C19H32N2/c1-19(2,3)20-14-8-4-5-9-15-21-16-10-12-17-11-6-7-13-18(17)21/h6-7,11,13,20H,4-5,8-10,12,14-16H2,1-3H3. The van der Waals surface area contributed by atoms with Crippen LogP contribution in [0.15, 0.2) is 24.3 Å². The van der Waals surface area contributed by atoms with E-state index in [2.05, 4.69) is 55.3 Å². The molecule has 118 valence electrons. The van der Waals surface area contributed by atoms with Crippen LogP contribution in [-0.2, 0) is 6.42 Å². The van der Waals surface area contributed by atoms with Crippen LogP contribution in [0.3, 0.4) is 0 Å². The van der Waals surface area contributed by atoms with Crippen LogP contribution in [-0.4, -0.2) is 25.2 Å². The average Bonchev–Trinajstić information content (AvgIpc) is 2.45. The van der Waals surface area contributed by atoms with Crippen molar-refractivity contribution in [2.45, 2.75) is 64.8 Å². The molecule has 0 unspecified atom stereocenters. The minimum Gasteiger partial charge on any atom is -0.371 e. The Labute approximate surface area is 130 Å². The summed E-state index contributed by atoms with van der Waals surface area (Å²) < 4.78 is 0. The summed E-state index contributed by atoms with van der Waals surface area (Å²) in [6.07, 6.45) is 7.89. The molecule has 0 radical (unpaired) electrons. The van der Waals surface area contributed by atoms with E-state index in [4.69, 9.17) is 0 Å². The molecule has 1 aromatic rings. The summed E-state index contributed by atoms with van der Waals surface area (Å²) in [7, 11) is 0. The topological polar surface area (TPSA) is 15.3 Å². The first-order valence-electron chi connectivity index (χ1n) is 8.64. The van der Waals surface area contributed by atoms with E-state index in [0.29, 0.717) is 0 Å². The highest BCUT2D eigenvalue weighted by molar-refractivity contribution is 5.55. The SMILES string of the molecule is CC(C)(C)NCCCCCCN1CCCc2ccccc21. The van der Waals surface area contributed by atoms with Crippen molar-refractivity contribution in [1.29, 1.82) is 0 Å². The van der Waals surface area contributed by atoms with Gasteiger partial charge in [0, 0.05) is 24.3 Å². The maximum Gasteiger partial charge on any atom is 0.0398 e. The zero-order valence-electron chi connectivity index (χ0n) is 14.1. The van der Waals surface area contributed by atoms with Crippen molar-refractivity contribution in [3.05, 3.63) is 29.8 Å². The van der Waals surface area contributed by atoms with Gasteiger partial charge in [0.1, 0.15) is 0 Å². The first-order valence-corrected chi connectivity index (χ1v) is 8.64. The van der Waals surface area contributed by atoms with E-state index < -0.39 is 0 Å². The van der Waals surface area contributed by atoms with Gasteiger partial charge in [0.25, 0.3) is 0 Å². The molecule has 0 saturated carbocycles. The van der Waals surface area contributed by atoms with Crippen LogP contribution in [0.2, 0.25) is 0 Å². The summed E-state index contributed by atoms with van der Waals surface area (Å²) in [5.41, 5.74) is 3.29. The maximum atomic E-state index is 3.56. The number of aryl methyl sites for hydroxylation is 1. The van der Waals surface area contributed by atoms with Gasteiger partial charge in [-0.05, 0) is 64.6 Å². The van der Waals surface area contributed by atoms with Gasteiger partial charge in [0.05, 0.1) is 0 Å². The molecular formula is C19H32N2. The highest BCUT2D eigenvalue weighted by Gasteiger charge is 2.15. The Morgan fingerprint density at radius 1 is 1.05 bits per heavy atom. The highest BCUT2D eigenvalue weighted by atomic mass is 15.1. The molecule has 0 aliphatic carbocycles. The van der Waals surface area contributed by atoms with Crippen molar-refractivity contribution in [3.63, 3.8) is 0 Å². The van der Waals surface area contributed by atoms with Crippen molar-refractivity contribution in [1.82, 2.24) is 5.32 Å². The van der Waals surface area contributed by atoms with Crippen LogP contribution in [0, 0.1) is 0 Å². The largest absolute Gasteiger partial charge is 0.371 e. The van der Waals surface area contributed by atoms with Gasteiger partial charge in [-0.3, -0.25) is 0 Å². The predicted molar refractivity (Wildman–Crippen MR) is 93.2 cm³/mol. The number of benzene rings is 1. The number of para-hydroxylation sites is 1. The molecule has 1 N–H and O–H groups in total. The zero-order valence-corrected chi connectivity index (χ0v) is 14.1. The number of unbranched alkanes of at least 4 members (excludes halogenated alkanes) is 3. The number of rotatable bonds is 7. The molecule has 1 aromatic carbocycles. The van der Waals surface area contributed by atoms with Crippen molar-refractivity contribution >= 4 is 5.69 Å². The lowest BCUT2D eigenvalue weighted by atomic mass is 10.0. The third-order valence-corrected chi connectivity index (χ3v) is 4.22. The number of hydrogen-bond acceptors (Lipinski definition) is 2. The van der Waals surface area contributed by atoms with Crippen LogP contribution in [0.5, 0.6) is 0 Å². The molecule has 0 aromatic heterocycles. The number of nitrogens with one attached hydrogen (secondary N) is 1. The molecule has 1 aliphatic heterocycles. The molecule has 2 heteroatoms. The van der Waals surface area contributed by atoms with E-state index in [1.54, 1.807) is 0 Å². The third kappa shape index (κ3) is 5.70. The van der Waals surface area contributed by atoms with Gasteiger partial charge in [-0.15, -0.1) is 0 Å². The molecule has 0 amide bonds. The Bertz CT molecular complexity index is 420. The summed E-state index contributed by atoms with van der Waals surface area (Å²) in [4.78, 5) is 2.59. The molecule has 0 bridgehead atoms. The molecule has 1 heterocycles. The molecule has 2 nitrogen and oxygen atoms in total. The number of fused-ring (bicyclic) bond motifs is 1. The van der Waals surface area contributed by atoms with Crippen LogP contribution < -0.4 is 10.2 Å². The molecule has 0 atom stereocenters. The predicted octanol–water partition coefficient (Wildman–Crippen LogP) is 4.39. The quantitative estimate of drug-likeness (QED) is 0.749. The van der Waals surface area contributed by atoms with Crippen LogP contribution in [0.25, 0.3) is 0 Å². The number of anilines is 1. The van der Waals surface area contributed by atoms with E-state index in [0.717, 1.165) is 6.54 Å². The molecule has 21 heavy (non-hydrogen) atoms. The smallest absolute Gasteiger partial charge is 0.0398 e. The van der Waals surface area contributed by atoms with Crippen LogP contribution in [0.1, 0.15) is 58.4 Å². The molecular weight excluding hydrogens is 256 g/mol. The second-order valence-corrected chi connectivity index (χ2v) is 7.31. The monoisotopic (exact) mass is 288 g/mol. The first kappa shape index (κ1) is 16.4. The Morgan fingerprint density at radius 3 is 2.62 bits per heavy atom. The van der Waals surface area contributed by atoms with Gasteiger partial charge in [0.15, 0.2) is 0 Å². The van der Waals surface area contributed by atoms with Gasteiger partial charge in [-0.25, -0.2) is 0 Å². The lowest BCUT2D eigenvalue weighted by molar-refractivity contribution is 0.416. The lowest BCUT2D eigenvalue weighted by Crippen LogP contribution is -2.36. The van der Waals surface area contributed by atoms with Crippen LogP contribution >= 0.6 is 0 Å². The van der Waals surface area contributed by atoms with Crippen molar-refractivity contribution < 1.29 is 0 Å². The summed E-state index contributed by atoms with van der Waals surface area (Å²) in [5, 5.41) is 3.56. The van der Waals surface area contributed by atoms with E-state index in [1.807, 2.05) is 0 Å². The van der Waals surface area contributed by atoms with Crippen molar-refractivity contribution in [2.75, 3.05) is 24.5 Å². The fraction of sp³-hybridized carbons (Fsp3) is 0.684. The fourth-order valence-electron chi connectivity index (χ4n) is 3.09. The Kier molecular flexibility index (Phi) is 6.10. The summed E-state index contributed by atoms with van der Waals surface area (Å²) >= 11 is 0. The van der Waals surface area contributed by atoms with E-state index in [-0.39, 0.29) is 5.54 Å². The van der Waals surface area contributed by atoms with Gasteiger partial charge < -0.3 is 10.2 Å². The third-order valence-electron chi connectivity index (χ3n) is 4.22. The van der Waals surface area contributed by atoms with Gasteiger partial charge >= 0.3 is 0 Å². The first-order chi connectivity index (χ1) is 10.1. The van der Waals surface area contributed by atoms with Gasteiger partial charge in [-0.1, -0.05) is 31.0 Å². The van der Waals surface area contributed by atoms with Crippen molar-refractivity contribution in [3.8, 4) is 0 Å². The normalized spacial score (nSPS) is 15.1. The minimum atomic E-state index is 0.261. The minimum absolute atomic E-state index is 0.261. The fourth-order valence-corrected chi connectivity index (χ4v) is 3.09. The number of nitrogens with zero attached hydrogens (tertiary/aromatic N) is 1. The Balaban J connectivity index is 1.62. The average molecular weight is 288 g/mol. The molecule has 0 spiro atoms. The molecule has 0 fully saturated rings. The molecule has 0 saturated heterocycles. The second kappa shape index (κ2) is 7.84. The lowest BCUT2D eigenvalue weighted by Gasteiger charge is -2.31. The number of hydrogen-bond donors (Lipinski definition) is 1. The van der Waals surface area contributed by atoms with Gasteiger partial charge in [-0.2, -0.15) is 0 Å². The second-order valence-electron chi connectivity index (χ2n) is 7.31. The molecule has 1 aliphatic rings. The Hall–Kier alpha value is -1.02. The van der Waals surface area contributed by atoms with Crippen LogP contribution in [0.4, 0.5) is 5.69 Å². The maximum absolute atomic E-state index is 3.56. The highest BCUT2D eigenvalue weighted by Crippen LogP contribution is 2.26. The summed E-state index contributed by atoms with van der Waals surface area (Å²) in [6.45, 7) is 10.3. The van der Waals surface area contributed by atoms with E-state index in [9.17, 15) is 0 Å². The van der Waals surface area contributed by atoms with Crippen molar-refractivity contribution in [2.24, 2.45) is 0 Å². The van der Waals surface area contributed by atoms with E-state index in [1.165, 1.54) is 62.9 Å². The van der Waals surface area contributed by atoms with E-state index >= 15 is 0 Å². The van der Waals surface area contributed by atoms with Gasteiger partial charge in [0.2, 0.25) is 0 Å². The Morgan fingerprint density at radius 2 is 1.81 bits per heavy atom. The molecule has 2 rings (SSSR count). The zero-order chi connectivity index (χ0) is 15.1. The summed E-state index contributed by atoms with van der Waals surface area (Å²) in [6, 6.07) is 8.93.